The van der Waals surface area contributed by atoms with Gasteiger partial charge < -0.3 is 15.5 Å². The Morgan fingerprint density at radius 3 is 2.68 bits per heavy atom. The highest BCUT2D eigenvalue weighted by Gasteiger charge is 2.25. The Hall–Kier alpha value is -1.99. The zero-order valence-corrected chi connectivity index (χ0v) is 10.7. The van der Waals surface area contributed by atoms with E-state index in [-0.39, 0.29) is 17.8 Å². The summed E-state index contributed by atoms with van der Waals surface area (Å²) < 4.78 is 0. The van der Waals surface area contributed by atoms with Gasteiger partial charge in [-0.15, -0.1) is 0 Å². The van der Waals surface area contributed by atoms with E-state index in [4.69, 9.17) is 5.11 Å². The van der Waals surface area contributed by atoms with Gasteiger partial charge in [0.25, 0.3) is 11.6 Å². The van der Waals surface area contributed by atoms with Gasteiger partial charge in [0.15, 0.2) is 0 Å². The molecule has 1 aromatic rings. The van der Waals surface area contributed by atoms with Crippen LogP contribution in [0.3, 0.4) is 0 Å². The third kappa shape index (κ3) is 3.73. The minimum Gasteiger partial charge on any atom is -0.393 e. The zero-order chi connectivity index (χ0) is 14.6. The van der Waals surface area contributed by atoms with E-state index in [1.54, 1.807) is 13.0 Å². The molecule has 0 heterocycles. The number of aliphatic hydroxyl groups is 2. The summed E-state index contributed by atoms with van der Waals surface area (Å²) in [5.41, 5.74) is -1.33. The predicted octanol–water partition coefficient (Wildman–Crippen LogP) is 0.376. The zero-order valence-electron chi connectivity index (χ0n) is 10.7. The molecular formula is C12H16N2O5. The van der Waals surface area contributed by atoms with Crippen molar-refractivity contribution in [1.29, 1.82) is 0 Å². The second kappa shape index (κ2) is 5.77. The van der Waals surface area contributed by atoms with Crippen LogP contribution in [0.1, 0.15) is 22.8 Å². The molecule has 1 unspecified atom stereocenters. The molecule has 104 valence electrons. The number of nitrogens with zero attached hydrogens (tertiary/aromatic N) is 1. The normalized spacial score (nSPS) is 13.7. The molecule has 0 saturated carbocycles. The van der Waals surface area contributed by atoms with Crippen LogP contribution in [0.25, 0.3) is 0 Å². The van der Waals surface area contributed by atoms with Crippen molar-refractivity contribution in [2.75, 3.05) is 13.2 Å². The van der Waals surface area contributed by atoms with Crippen LogP contribution in [-0.4, -0.2) is 39.8 Å². The molecule has 0 aromatic heterocycles. The van der Waals surface area contributed by atoms with E-state index in [1.165, 1.54) is 19.1 Å². The first kappa shape index (κ1) is 15.1. The molecule has 0 radical (unpaired) electrons. The summed E-state index contributed by atoms with van der Waals surface area (Å²) >= 11 is 0. The van der Waals surface area contributed by atoms with Crippen molar-refractivity contribution in [1.82, 2.24) is 5.32 Å². The fraction of sp³-hybridized carbons (Fsp3) is 0.417. The van der Waals surface area contributed by atoms with E-state index in [9.17, 15) is 20.0 Å². The second-order valence-electron chi connectivity index (χ2n) is 4.56. The van der Waals surface area contributed by atoms with Crippen LogP contribution in [0.15, 0.2) is 18.2 Å². The lowest BCUT2D eigenvalue weighted by Gasteiger charge is -2.20. The quantitative estimate of drug-likeness (QED) is 0.527. The van der Waals surface area contributed by atoms with Crippen molar-refractivity contribution in [3.8, 4) is 0 Å². The van der Waals surface area contributed by atoms with Crippen molar-refractivity contribution in [3.05, 3.63) is 39.4 Å². The molecule has 0 aliphatic carbocycles. The summed E-state index contributed by atoms with van der Waals surface area (Å²) in [4.78, 5) is 22.2. The molecule has 1 amide bonds. The minimum atomic E-state index is -1.47. The van der Waals surface area contributed by atoms with Gasteiger partial charge in [-0.25, -0.2) is 0 Å². The van der Waals surface area contributed by atoms with E-state index >= 15 is 0 Å². The lowest BCUT2D eigenvalue weighted by atomic mass is 10.0. The molecule has 1 rings (SSSR count). The van der Waals surface area contributed by atoms with Gasteiger partial charge in [0, 0.05) is 12.6 Å². The third-order valence-electron chi connectivity index (χ3n) is 2.64. The topological polar surface area (TPSA) is 113 Å². The van der Waals surface area contributed by atoms with E-state index < -0.39 is 23.0 Å². The minimum absolute atomic E-state index is 0.0405. The van der Waals surface area contributed by atoms with Crippen LogP contribution in [0.2, 0.25) is 0 Å². The fourth-order valence-corrected chi connectivity index (χ4v) is 1.51. The molecule has 1 atom stereocenters. The Morgan fingerprint density at radius 1 is 1.53 bits per heavy atom. The SMILES string of the molecule is Cc1cccc([N+](=O)[O-])c1C(=O)NCC(C)(O)CO. The van der Waals surface area contributed by atoms with Crippen molar-refractivity contribution >= 4 is 11.6 Å². The van der Waals surface area contributed by atoms with Crippen LogP contribution >= 0.6 is 0 Å². The molecule has 19 heavy (non-hydrogen) atoms. The van der Waals surface area contributed by atoms with Gasteiger partial charge in [-0.1, -0.05) is 12.1 Å². The van der Waals surface area contributed by atoms with E-state index in [1.807, 2.05) is 0 Å². The van der Waals surface area contributed by atoms with Gasteiger partial charge in [0.1, 0.15) is 11.2 Å². The average Bonchev–Trinajstić information content (AvgIpc) is 2.35. The first-order chi connectivity index (χ1) is 8.78. The highest BCUT2D eigenvalue weighted by atomic mass is 16.6. The number of nitrogens with one attached hydrogen (secondary N) is 1. The number of hydrogen-bond donors (Lipinski definition) is 3. The molecule has 3 N–H and O–H groups in total. The predicted molar refractivity (Wildman–Crippen MR) is 67.9 cm³/mol. The molecule has 0 aliphatic rings. The number of benzene rings is 1. The number of carbonyl (C=O) groups is 1. The first-order valence-electron chi connectivity index (χ1n) is 5.64. The second-order valence-corrected chi connectivity index (χ2v) is 4.56. The molecule has 0 saturated heterocycles. The first-order valence-corrected chi connectivity index (χ1v) is 5.64. The van der Waals surface area contributed by atoms with Crippen LogP contribution in [0, 0.1) is 17.0 Å². The summed E-state index contributed by atoms with van der Waals surface area (Å²) in [6.45, 7) is 2.21. The lowest BCUT2D eigenvalue weighted by Crippen LogP contribution is -2.43. The monoisotopic (exact) mass is 268 g/mol. The van der Waals surface area contributed by atoms with Gasteiger partial charge >= 0.3 is 0 Å². The highest BCUT2D eigenvalue weighted by Crippen LogP contribution is 2.21. The van der Waals surface area contributed by atoms with Gasteiger partial charge in [-0.3, -0.25) is 14.9 Å². The summed E-state index contributed by atoms with van der Waals surface area (Å²) in [6.07, 6.45) is 0. The molecule has 7 heteroatoms. The maximum atomic E-state index is 11.9. The number of rotatable bonds is 5. The number of hydrogen-bond acceptors (Lipinski definition) is 5. The summed E-state index contributed by atoms with van der Waals surface area (Å²) in [7, 11) is 0. The Bertz CT molecular complexity index is 499. The van der Waals surface area contributed by atoms with Gasteiger partial charge in [0.2, 0.25) is 0 Å². The Morgan fingerprint density at radius 2 is 2.16 bits per heavy atom. The Kier molecular flexibility index (Phi) is 4.57. The number of carbonyl (C=O) groups excluding carboxylic acids is 1. The Labute approximate surface area is 110 Å². The van der Waals surface area contributed by atoms with Crippen LogP contribution in [-0.2, 0) is 0 Å². The van der Waals surface area contributed by atoms with Gasteiger partial charge in [-0.2, -0.15) is 0 Å². The summed E-state index contributed by atoms with van der Waals surface area (Å²) in [5.74, 6) is -0.654. The lowest BCUT2D eigenvalue weighted by molar-refractivity contribution is -0.385. The molecule has 1 aromatic carbocycles. The molecule has 0 bridgehead atoms. The number of amides is 1. The van der Waals surface area contributed by atoms with E-state index in [2.05, 4.69) is 5.32 Å². The largest absolute Gasteiger partial charge is 0.393 e. The van der Waals surface area contributed by atoms with Crippen molar-refractivity contribution in [2.45, 2.75) is 19.4 Å². The standard InChI is InChI=1S/C12H16N2O5/c1-8-4-3-5-9(14(18)19)10(8)11(16)13-6-12(2,17)7-15/h3-5,15,17H,6-7H2,1-2H3,(H,13,16). The maximum Gasteiger partial charge on any atom is 0.282 e. The molecule has 0 aliphatic heterocycles. The Balaban J connectivity index is 2.97. The van der Waals surface area contributed by atoms with Crippen molar-refractivity contribution in [2.24, 2.45) is 0 Å². The molecule has 0 fully saturated rings. The van der Waals surface area contributed by atoms with E-state index in [0.29, 0.717) is 5.56 Å². The molecule has 0 spiro atoms. The van der Waals surface area contributed by atoms with Gasteiger partial charge in [-0.05, 0) is 19.4 Å². The number of nitro groups is 1. The van der Waals surface area contributed by atoms with Crippen LogP contribution in [0.5, 0.6) is 0 Å². The average molecular weight is 268 g/mol. The van der Waals surface area contributed by atoms with Crippen LogP contribution < -0.4 is 5.32 Å². The van der Waals surface area contributed by atoms with E-state index in [0.717, 1.165) is 0 Å². The fourth-order valence-electron chi connectivity index (χ4n) is 1.51. The maximum absolute atomic E-state index is 11.9. The van der Waals surface area contributed by atoms with Gasteiger partial charge in [0.05, 0.1) is 11.5 Å². The molecular weight excluding hydrogens is 252 g/mol. The third-order valence-corrected chi connectivity index (χ3v) is 2.64. The van der Waals surface area contributed by atoms with Crippen LogP contribution in [0.4, 0.5) is 5.69 Å². The van der Waals surface area contributed by atoms with Crippen molar-refractivity contribution < 1.29 is 19.9 Å². The number of aliphatic hydroxyl groups excluding tert-OH is 1. The smallest absolute Gasteiger partial charge is 0.282 e. The summed E-state index contributed by atoms with van der Waals surface area (Å²) in [6, 6.07) is 4.33. The van der Waals surface area contributed by atoms with Crippen molar-refractivity contribution in [3.63, 3.8) is 0 Å². The number of aryl methyl sites for hydroxylation is 1. The summed E-state index contributed by atoms with van der Waals surface area (Å²) in [5, 5.41) is 31.7. The number of nitro benzene ring substituents is 1. The molecule has 7 nitrogen and oxygen atoms in total. The highest BCUT2D eigenvalue weighted by molar-refractivity contribution is 5.99.